The molecule has 2 aromatic rings. The van der Waals surface area contributed by atoms with Crippen LogP contribution in [0.1, 0.15) is 12.0 Å². The van der Waals surface area contributed by atoms with Crippen molar-refractivity contribution in [3.63, 3.8) is 0 Å². The predicted octanol–water partition coefficient (Wildman–Crippen LogP) is 3.25. The Balaban J connectivity index is 1.83. The molecule has 0 aliphatic rings. The van der Waals surface area contributed by atoms with Crippen LogP contribution in [-0.2, 0) is 11.2 Å². The summed E-state index contributed by atoms with van der Waals surface area (Å²) >= 11 is 0. The minimum atomic E-state index is -0.937. The van der Waals surface area contributed by atoms with E-state index in [0.717, 1.165) is 6.42 Å². The fourth-order valence-corrected chi connectivity index (χ4v) is 2.18. The topological polar surface area (TPSA) is 78.9 Å². The van der Waals surface area contributed by atoms with Crippen molar-refractivity contribution in [1.82, 2.24) is 4.90 Å². The van der Waals surface area contributed by atoms with Gasteiger partial charge in [-0.25, -0.2) is 4.79 Å². The van der Waals surface area contributed by atoms with Crippen LogP contribution in [0.25, 0.3) is 0 Å². The molecule has 0 fully saturated rings. The van der Waals surface area contributed by atoms with Gasteiger partial charge in [0.25, 0.3) is 0 Å². The number of carboxylic acid groups (broad SMARTS) is 1. The zero-order valence-electron chi connectivity index (χ0n) is 14.1. The van der Waals surface area contributed by atoms with Crippen molar-refractivity contribution < 1.29 is 19.4 Å². The smallest absolute Gasteiger partial charge is 0.321 e. The number of hydrogen-bond donors (Lipinski definition) is 2. The van der Waals surface area contributed by atoms with Crippen LogP contribution in [-0.4, -0.2) is 42.2 Å². The third kappa shape index (κ3) is 6.55. The highest BCUT2D eigenvalue weighted by Crippen LogP contribution is 2.18. The first-order chi connectivity index (χ1) is 12.0. The minimum absolute atomic E-state index is 0.0907. The molecule has 0 aliphatic heterocycles. The van der Waals surface area contributed by atoms with Gasteiger partial charge in [0, 0.05) is 31.8 Å². The van der Waals surface area contributed by atoms with E-state index < -0.39 is 5.97 Å². The fraction of sp³-hybridized carbons (Fsp3) is 0.263. The summed E-state index contributed by atoms with van der Waals surface area (Å²) in [4.78, 5) is 23.9. The molecule has 0 spiro atoms. The van der Waals surface area contributed by atoms with Crippen LogP contribution in [0.3, 0.4) is 0 Å². The van der Waals surface area contributed by atoms with Crippen molar-refractivity contribution in [3.8, 4) is 5.75 Å². The maximum absolute atomic E-state index is 12.0. The van der Waals surface area contributed by atoms with Gasteiger partial charge in [0.05, 0.1) is 13.0 Å². The fourth-order valence-electron chi connectivity index (χ4n) is 2.18. The highest BCUT2D eigenvalue weighted by molar-refractivity contribution is 5.89. The molecule has 0 aromatic heterocycles. The summed E-state index contributed by atoms with van der Waals surface area (Å²) in [6.45, 7) is 0.689. The highest BCUT2D eigenvalue weighted by atomic mass is 16.5. The first kappa shape index (κ1) is 18.3. The normalized spacial score (nSPS) is 10.1. The Hall–Kier alpha value is -3.02. The van der Waals surface area contributed by atoms with Crippen LogP contribution in [0.15, 0.2) is 54.6 Å². The number of nitrogens with zero attached hydrogens (tertiary/aromatic N) is 1. The van der Waals surface area contributed by atoms with Gasteiger partial charge in [-0.15, -0.1) is 0 Å². The molecule has 0 bridgehead atoms. The van der Waals surface area contributed by atoms with E-state index >= 15 is 0 Å². The molecule has 132 valence electrons. The van der Waals surface area contributed by atoms with E-state index in [9.17, 15) is 9.59 Å². The first-order valence-corrected chi connectivity index (χ1v) is 8.05. The first-order valence-electron chi connectivity index (χ1n) is 8.05. The molecule has 2 N–H and O–H groups in total. The number of nitrogens with one attached hydrogen (secondary N) is 1. The second kappa shape index (κ2) is 9.32. The second-order valence-electron chi connectivity index (χ2n) is 5.61. The van der Waals surface area contributed by atoms with E-state index in [-0.39, 0.29) is 19.0 Å². The lowest BCUT2D eigenvalue weighted by molar-refractivity contribution is -0.137. The molecular formula is C19H22N2O4. The van der Waals surface area contributed by atoms with Crippen LogP contribution in [0.5, 0.6) is 5.75 Å². The van der Waals surface area contributed by atoms with E-state index in [1.807, 2.05) is 36.4 Å². The third-order valence-corrected chi connectivity index (χ3v) is 3.60. The van der Waals surface area contributed by atoms with Gasteiger partial charge >= 0.3 is 12.0 Å². The standard InChI is InChI=1S/C19H22N2O4/c1-21(12-10-18(22)23)19(24)20-16-8-5-9-17(14-16)25-13-11-15-6-3-2-4-7-15/h2-9,14H,10-13H2,1H3,(H,20,24)(H,22,23). The molecule has 2 aromatic carbocycles. The van der Waals surface area contributed by atoms with Crippen LogP contribution in [0.2, 0.25) is 0 Å². The zero-order chi connectivity index (χ0) is 18.1. The molecule has 6 heteroatoms. The van der Waals surface area contributed by atoms with Gasteiger partial charge in [0.1, 0.15) is 5.75 Å². The number of ether oxygens (including phenoxy) is 1. The van der Waals surface area contributed by atoms with Gasteiger partial charge in [-0.05, 0) is 17.7 Å². The van der Waals surface area contributed by atoms with Gasteiger partial charge in [-0.3, -0.25) is 4.79 Å². The maximum Gasteiger partial charge on any atom is 0.321 e. The molecule has 0 radical (unpaired) electrons. The number of carbonyl (C=O) groups excluding carboxylic acids is 1. The Kier molecular flexibility index (Phi) is 6.83. The number of amides is 2. The summed E-state index contributed by atoms with van der Waals surface area (Å²) in [5.41, 5.74) is 1.80. The summed E-state index contributed by atoms with van der Waals surface area (Å²) in [5.74, 6) is -0.268. The number of hydrogen-bond acceptors (Lipinski definition) is 3. The number of urea groups is 1. The molecule has 0 atom stereocenters. The van der Waals surface area contributed by atoms with E-state index in [1.165, 1.54) is 10.5 Å². The van der Waals surface area contributed by atoms with Crippen molar-refractivity contribution >= 4 is 17.7 Å². The number of carboxylic acids is 1. The average molecular weight is 342 g/mol. The minimum Gasteiger partial charge on any atom is -0.493 e. The number of aliphatic carboxylic acids is 1. The highest BCUT2D eigenvalue weighted by Gasteiger charge is 2.10. The lowest BCUT2D eigenvalue weighted by Crippen LogP contribution is -2.33. The van der Waals surface area contributed by atoms with Crippen molar-refractivity contribution in [2.45, 2.75) is 12.8 Å². The Morgan fingerprint density at radius 3 is 2.60 bits per heavy atom. The number of benzene rings is 2. The van der Waals surface area contributed by atoms with Gasteiger partial charge in [-0.2, -0.15) is 0 Å². The zero-order valence-corrected chi connectivity index (χ0v) is 14.1. The summed E-state index contributed by atoms with van der Waals surface area (Å²) in [7, 11) is 1.55. The molecule has 0 unspecified atom stereocenters. The van der Waals surface area contributed by atoms with E-state index in [4.69, 9.17) is 9.84 Å². The van der Waals surface area contributed by atoms with E-state index in [2.05, 4.69) is 5.32 Å². The van der Waals surface area contributed by atoms with Crippen LogP contribution >= 0.6 is 0 Å². The Morgan fingerprint density at radius 1 is 1.12 bits per heavy atom. The number of anilines is 1. The van der Waals surface area contributed by atoms with Crippen LogP contribution < -0.4 is 10.1 Å². The number of rotatable bonds is 8. The summed E-state index contributed by atoms with van der Waals surface area (Å²) in [5, 5.41) is 11.4. The maximum atomic E-state index is 12.0. The van der Waals surface area contributed by atoms with E-state index in [1.54, 1.807) is 25.2 Å². The predicted molar refractivity (Wildman–Crippen MR) is 96.0 cm³/mol. The third-order valence-electron chi connectivity index (χ3n) is 3.60. The molecule has 2 rings (SSSR count). The number of carbonyl (C=O) groups is 2. The van der Waals surface area contributed by atoms with Crippen molar-refractivity contribution in [2.24, 2.45) is 0 Å². The monoisotopic (exact) mass is 342 g/mol. The van der Waals surface area contributed by atoms with Crippen LogP contribution in [0.4, 0.5) is 10.5 Å². The molecule has 2 amide bonds. The van der Waals surface area contributed by atoms with Gasteiger partial charge in [0.15, 0.2) is 0 Å². The summed E-state index contributed by atoms with van der Waals surface area (Å²) in [6, 6.07) is 16.8. The lowest BCUT2D eigenvalue weighted by atomic mass is 10.2. The largest absolute Gasteiger partial charge is 0.493 e. The van der Waals surface area contributed by atoms with Crippen molar-refractivity contribution in [3.05, 3.63) is 60.2 Å². The molecule has 25 heavy (non-hydrogen) atoms. The van der Waals surface area contributed by atoms with Crippen LogP contribution in [0, 0.1) is 0 Å². The molecule has 0 saturated carbocycles. The Bertz CT molecular complexity index is 704. The average Bonchev–Trinajstić information content (AvgIpc) is 2.61. The van der Waals surface area contributed by atoms with Gasteiger partial charge in [0.2, 0.25) is 0 Å². The molecular weight excluding hydrogens is 320 g/mol. The Labute approximate surface area is 147 Å². The molecule has 0 saturated heterocycles. The van der Waals surface area contributed by atoms with Crippen molar-refractivity contribution in [1.29, 1.82) is 0 Å². The molecule has 0 heterocycles. The summed E-state index contributed by atoms with van der Waals surface area (Å²) < 4.78 is 5.73. The van der Waals surface area contributed by atoms with E-state index in [0.29, 0.717) is 18.0 Å². The molecule has 6 nitrogen and oxygen atoms in total. The Morgan fingerprint density at radius 2 is 1.88 bits per heavy atom. The SMILES string of the molecule is CN(CCC(=O)O)C(=O)Nc1cccc(OCCc2ccccc2)c1. The van der Waals surface area contributed by atoms with Crippen molar-refractivity contribution in [2.75, 3.05) is 25.5 Å². The molecule has 0 aliphatic carbocycles. The lowest BCUT2D eigenvalue weighted by Gasteiger charge is -2.17. The second-order valence-corrected chi connectivity index (χ2v) is 5.61. The quantitative estimate of drug-likeness (QED) is 0.772. The van der Waals surface area contributed by atoms with Gasteiger partial charge in [-0.1, -0.05) is 36.4 Å². The van der Waals surface area contributed by atoms with Gasteiger partial charge < -0.3 is 20.1 Å². The summed E-state index contributed by atoms with van der Waals surface area (Å²) in [6.07, 6.45) is 0.710.